The maximum absolute atomic E-state index is 9.56. The number of aromatic nitrogens is 4. The summed E-state index contributed by atoms with van der Waals surface area (Å²) < 4.78 is 2.10. The second-order valence-corrected chi connectivity index (χ2v) is 8.27. The van der Waals surface area contributed by atoms with Crippen LogP contribution in [0.1, 0.15) is 67.1 Å². The molecular formula is C22H28N8. The van der Waals surface area contributed by atoms with Crippen LogP contribution in [0.4, 0.5) is 11.8 Å². The van der Waals surface area contributed by atoms with Crippen molar-refractivity contribution >= 4 is 22.8 Å². The summed E-state index contributed by atoms with van der Waals surface area (Å²) in [5.74, 6) is 1.01. The second kappa shape index (κ2) is 7.92. The van der Waals surface area contributed by atoms with Crippen molar-refractivity contribution in [3.8, 4) is 6.07 Å². The molecule has 0 unspecified atom stereocenters. The molecule has 4 rings (SSSR count). The minimum absolute atomic E-state index is 0.147. The number of fused-ring (bicyclic) bond motifs is 1. The lowest BCUT2D eigenvalue weighted by Crippen LogP contribution is -2.26. The van der Waals surface area contributed by atoms with Gasteiger partial charge in [-0.25, -0.2) is 9.97 Å². The fraction of sp³-hybridized carbons (Fsp3) is 0.455. The van der Waals surface area contributed by atoms with Crippen LogP contribution in [0.2, 0.25) is 0 Å². The van der Waals surface area contributed by atoms with E-state index in [2.05, 4.69) is 32.0 Å². The molecule has 0 radical (unpaired) electrons. The number of nitrogens with two attached hydrogens (primary N) is 2. The van der Waals surface area contributed by atoms with Crippen LogP contribution in [-0.2, 0) is 7.05 Å². The Hall–Kier alpha value is -3.18. The Morgan fingerprint density at radius 1 is 1.23 bits per heavy atom. The number of hydrogen-bond donors (Lipinski definition) is 3. The number of aryl methyl sites for hydroxylation is 2. The number of rotatable bonds is 4. The first-order valence-corrected chi connectivity index (χ1v) is 10.4. The first-order valence-electron chi connectivity index (χ1n) is 10.4. The van der Waals surface area contributed by atoms with Crippen molar-refractivity contribution < 1.29 is 0 Å². The van der Waals surface area contributed by atoms with Gasteiger partial charge in [0.1, 0.15) is 17.5 Å². The average molecular weight is 405 g/mol. The van der Waals surface area contributed by atoms with E-state index in [1.54, 1.807) is 6.92 Å². The molecule has 5 N–H and O–H groups in total. The van der Waals surface area contributed by atoms with Gasteiger partial charge in [-0.2, -0.15) is 10.2 Å². The van der Waals surface area contributed by atoms with Gasteiger partial charge < -0.3 is 21.4 Å². The minimum atomic E-state index is -0.152. The number of nitrogens with one attached hydrogen (secondary N) is 1. The molecule has 1 aliphatic carbocycles. The monoisotopic (exact) mass is 404 g/mol. The van der Waals surface area contributed by atoms with Crippen LogP contribution in [0.25, 0.3) is 11.0 Å². The van der Waals surface area contributed by atoms with E-state index in [1.165, 1.54) is 5.56 Å². The molecule has 0 aromatic carbocycles. The third-order valence-electron chi connectivity index (χ3n) is 6.12. The molecule has 1 fully saturated rings. The van der Waals surface area contributed by atoms with E-state index in [1.807, 2.05) is 26.2 Å². The number of nitriles is 1. The summed E-state index contributed by atoms with van der Waals surface area (Å²) >= 11 is 0. The molecule has 0 bridgehead atoms. The van der Waals surface area contributed by atoms with Crippen molar-refractivity contribution in [2.24, 2.45) is 12.8 Å². The van der Waals surface area contributed by atoms with E-state index in [0.29, 0.717) is 23.0 Å². The highest BCUT2D eigenvalue weighted by atomic mass is 15.1. The van der Waals surface area contributed by atoms with Crippen LogP contribution in [-0.4, -0.2) is 25.6 Å². The van der Waals surface area contributed by atoms with Gasteiger partial charge in [0.05, 0.1) is 28.5 Å². The summed E-state index contributed by atoms with van der Waals surface area (Å²) in [7, 11) is 2.04. The number of hydrogen-bond acceptors (Lipinski definition) is 7. The van der Waals surface area contributed by atoms with Gasteiger partial charge in [0.15, 0.2) is 0 Å². The van der Waals surface area contributed by atoms with Gasteiger partial charge in [0, 0.05) is 19.3 Å². The molecule has 3 aromatic heterocycles. The largest absolute Gasteiger partial charge is 0.368 e. The van der Waals surface area contributed by atoms with Crippen molar-refractivity contribution in [1.82, 2.24) is 19.5 Å². The zero-order valence-electron chi connectivity index (χ0n) is 17.7. The molecular weight excluding hydrogens is 376 g/mol. The predicted octanol–water partition coefficient (Wildman–Crippen LogP) is 3.28. The normalized spacial score (nSPS) is 20.1. The molecule has 3 aromatic rings. The van der Waals surface area contributed by atoms with Crippen molar-refractivity contribution in [3.63, 3.8) is 0 Å². The Morgan fingerprint density at radius 2 is 1.97 bits per heavy atom. The first kappa shape index (κ1) is 20.1. The van der Waals surface area contributed by atoms with Crippen LogP contribution < -0.4 is 16.8 Å². The Kier molecular flexibility index (Phi) is 5.31. The molecule has 8 heteroatoms. The van der Waals surface area contributed by atoms with Crippen molar-refractivity contribution in [3.05, 3.63) is 40.8 Å². The van der Waals surface area contributed by atoms with Gasteiger partial charge in [-0.1, -0.05) is 0 Å². The molecule has 1 atom stereocenters. The lowest BCUT2D eigenvalue weighted by Gasteiger charge is -2.29. The molecule has 30 heavy (non-hydrogen) atoms. The van der Waals surface area contributed by atoms with E-state index in [0.717, 1.165) is 42.4 Å². The molecule has 0 spiro atoms. The fourth-order valence-electron chi connectivity index (χ4n) is 4.42. The van der Waals surface area contributed by atoms with Gasteiger partial charge in [-0.3, -0.25) is 0 Å². The minimum Gasteiger partial charge on any atom is -0.368 e. The van der Waals surface area contributed by atoms with Crippen molar-refractivity contribution in [1.29, 1.82) is 5.26 Å². The Balaban J connectivity index is 1.76. The SMILES string of the molecule is Cc1nc(N)nc(N[C@@H](C)c2nc3ccn(C)c3cc2[C@H]2CC[C@@H](N)CC2)c1C#N. The first-order chi connectivity index (χ1) is 14.4. The van der Waals surface area contributed by atoms with Gasteiger partial charge in [-0.15, -0.1) is 0 Å². The van der Waals surface area contributed by atoms with Gasteiger partial charge in [0.25, 0.3) is 0 Å². The number of anilines is 2. The standard InChI is InChI=1S/C22H28N8/c1-12-17(11-23)21(29-22(25)27-12)26-13(2)20-16(14-4-6-15(24)7-5-14)10-19-18(28-20)8-9-30(19)3/h8-10,13-15H,4-7,24H2,1-3H3,(H3,25,26,27,29)/t13-,14-,15+/m0/s1. The molecule has 3 heterocycles. The van der Waals surface area contributed by atoms with E-state index in [-0.39, 0.29) is 18.0 Å². The Bertz CT molecular complexity index is 1120. The van der Waals surface area contributed by atoms with E-state index < -0.39 is 0 Å². The fourth-order valence-corrected chi connectivity index (χ4v) is 4.42. The maximum Gasteiger partial charge on any atom is 0.222 e. The second-order valence-electron chi connectivity index (χ2n) is 8.27. The summed E-state index contributed by atoms with van der Waals surface area (Å²) in [6.45, 7) is 3.81. The Labute approximate surface area is 176 Å². The maximum atomic E-state index is 9.56. The molecule has 1 aliphatic rings. The number of nitrogen functional groups attached to an aromatic ring is 1. The summed E-state index contributed by atoms with van der Waals surface area (Å²) in [5.41, 5.74) is 17.2. The quantitative estimate of drug-likeness (QED) is 0.608. The van der Waals surface area contributed by atoms with Crippen molar-refractivity contribution in [2.45, 2.75) is 57.5 Å². The smallest absolute Gasteiger partial charge is 0.222 e. The molecule has 156 valence electrons. The molecule has 8 nitrogen and oxygen atoms in total. The van der Waals surface area contributed by atoms with Gasteiger partial charge in [0.2, 0.25) is 5.95 Å². The van der Waals surface area contributed by atoms with Crippen LogP contribution >= 0.6 is 0 Å². The van der Waals surface area contributed by atoms with Gasteiger partial charge in [-0.05, 0) is 63.1 Å². The zero-order valence-corrected chi connectivity index (χ0v) is 17.7. The number of pyridine rings is 1. The van der Waals surface area contributed by atoms with E-state index >= 15 is 0 Å². The van der Waals surface area contributed by atoms with Crippen molar-refractivity contribution in [2.75, 3.05) is 11.1 Å². The lowest BCUT2D eigenvalue weighted by atomic mass is 9.80. The Morgan fingerprint density at radius 3 is 2.67 bits per heavy atom. The molecule has 0 saturated heterocycles. The average Bonchev–Trinajstić information content (AvgIpc) is 3.07. The summed E-state index contributed by atoms with van der Waals surface area (Å²) in [5, 5.41) is 12.9. The van der Waals surface area contributed by atoms with Gasteiger partial charge >= 0.3 is 0 Å². The predicted molar refractivity (Wildman–Crippen MR) is 118 cm³/mol. The highest BCUT2D eigenvalue weighted by Gasteiger charge is 2.26. The highest BCUT2D eigenvalue weighted by Crippen LogP contribution is 2.37. The topological polar surface area (TPSA) is 131 Å². The van der Waals surface area contributed by atoms with E-state index in [4.69, 9.17) is 16.5 Å². The van der Waals surface area contributed by atoms with Crippen LogP contribution in [0.5, 0.6) is 0 Å². The summed E-state index contributed by atoms with van der Waals surface area (Å²) in [4.78, 5) is 13.4. The molecule has 0 aliphatic heterocycles. The number of nitrogens with zero attached hydrogens (tertiary/aromatic N) is 5. The van der Waals surface area contributed by atoms with E-state index in [9.17, 15) is 5.26 Å². The zero-order chi connectivity index (χ0) is 21.4. The third kappa shape index (κ3) is 3.68. The van der Waals surface area contributed by atoms with Crippen LogP contribution in [0.15, 0.2) is 18.3 Å². The lowest BCUT2D eigenvalue weighted by molar-refractivity contribution is 0.393. The third-order valence-corrected chi connectivity index (χ3v) is 6.12. The summed E-state index contributed by atoms with van der Waals surface area (Å²) in [6.07, 6.45) is 6.19. The highest BCUT2D eigenvalue weighted by molar-refractivity contribution is 5.77. The molecule has 1 saturated carbocycles. The van der Waals surface area contributed by atoms with Crippen LogP contribution in [0, 0.1) is 18.3 Å². The van der Waals surface area contributed by atoms with Crippen LogP contribution in [0.3, 0.4) is 0 Å². The molecule has 0 amide bonds. The summed E-state index contributed by atoms with van der Waals surface area (Å²) in [6, 6.07) is 6.61.